The SMILES string of the molecule is CC(C)C[C@@H](NC(=O)c1cc2ccc(Br)cc2[nH]1)C(=O)Nc1ccn[nH]1. The smallest absolute Gasteiger partial charge is 0.268 e. The fourth-order valence-electron chi connectivity index (χ4n) is 2.71. The molecular formula is C18H20BrN5O2. The number of rotatable bonds is 6. The molecule has 0 aliphatic rings. The molecule has 0 unspecified atom stereocenters. The highest BCUT2D eigenvalue weighted by molar-refractivity contribution is 9.10. The lowest BCUT2D eigenvalue weighted by Crippen LogP contribution is -2.44. The van der Waals surface area contributed by atoms with Crippen LogP contribution in [0.1, 0.15) is 30.8 Å². The Labute approximate surface area is 159 Å². The van der Waals surface area contributed by atoms with Gasteiger partial charge in [-0.1, -0.05) is 35.8 Å². The van der Waals surface area contributed by atoms with Crippen molar-refractivity contribution in [2.45, 2.75) is 26.3 Å². The average Bonchev–Trinajstić information content (AvgIpc) is 3.22. The number of fused-ring (bicyclic) bond motifs is 1. The summed E-state index contributed by atoms with van der Waals surface area (Å²) in [4.78, 5) is 28.3. The second kappa shape index (κ2) is 7.74. The van der Waals surface area contributed by atoms with E-state index >= 15 is 0 Å². The van der Waals surface area contributed by atoms with Crippen LogP contribution in [-0.4, -0.2) is 33.0 Å². The molecule has 1 aromatic carbocycles. The zero-order chi connectivity index (χ0) is 18.7. The summed E-state index contributed by atoms with van der Waals surface area (Å²) < 4.78 is 0.926. The van der Waals surface area contributed by atoms with E-state index in [1.54, 1.807) is 18.3 Å². The second-order valence-corrected chi connectivity index (χ2v) is 7.45. The fraction of sp³-hybridized carbons (Fsp3) is 0.278. The van der Waals surface area contributed by atoms with Gasteiger partial charge in [0.05, 0.1) is 6.20 Å². The Morgan fingerprint density at radius 1 is 1.23 bits per heavy atom. The molecule has 3 rings (SSSR count). The number of aromatic amines is 2. The molecule has 26 heavy (non-hydrogen) atoms. The van der Waals surface area contributed by atoms with Gasteiger partial charge in [-0.15, -0.1) is 0 Å². The van der Waals surface area contributed by atoms with Gasteiger partial charge in [0.1, 0.15) is 17.6 Å². The molecule has 0 radical (unpaired) electrons. The molecule has 2 heterocycles. The first kappa shape index (κ1) is 18.2. The van der Waals surface area contributed by atoms with Gasteiger partial charge < -0.3 is 15.6 Å². The number of carbonyl (C=O) groups is 2. The molecular weight excluding hydrogens is 398 g/mol. The largest absolute Gasteiger partial charge is 0.350 e. The van der Waals surface area contributed by atoms with Gasteiger partial charge in [0.25, 0.3) is 5.91 Å². The fourth-order valence-corrected chi connectivity index (χ4v) is 3.07. The number of H-pyrrole nitrogens is 2. The first-order valence-electron chi connectivity index (χ1n) is 8.31. The van der Waals surface area contributed by atoms with Crippen molar-refractivity contribution in [3.8, 4) is 0 Å². The molecule has 0 spiro atoms. The van der Waals surface area contributed by atoms with Gasteiger partial charge in [0.15, 0.2) is 0 Å². The van der Waals surface area contributed by atoms with Crippen molar-refractivity contribution in [1.29, 1.82) is 0 Å². The van der Waals surface area contributed by atoms with Gasteiger partial charge in [-0.3, -0.25) is 14.7 Å². The summed E-state index contributed by atoms with van der Waals surface area (Å²) >= 11 is 3.41. The Hall–Kier alpha value is -2.61. The number of hydrogen-bond acceptors (Lipinski definition) is 3. The van der Waals surface area contributed by atoms with Gasteiger partial charge in [0, 0.05) is 21.4 Å². The van der Waals surface area contributed by atoms with Crippen LogP contribution in [-0.2, 0) is 4.79 Å². The second-order valence-electron chi connectivity index (χ2n) is 6.53. The summed E-state index contributed by atoms with van der Waals surface area (Å²) in [6, 6.07) is 8.52. The third kappa shape index (κ3) is 4.32. The van der Waals surface area contributed by atoms with Crippen LogP contribution in [0.25, 0.3) is 10.9 Å². The lowest BCUT2D eigenvalue weighted by atomic mass is 10.0. The Bertz CT molecular complexity index is 917. The lowest BCUT2D eigenvalue weighted by Gasteiger charge is -2.19. The molecule has 0 saturated heterocycles. The number of amides is 2. The maximum Gasteiger partial charge on any atom is 0.268 e. The summed E-state index contributed by atoms with van der Waals surface area (Å²) in [5.74, 6) is 0.137. The van der Waals surface area contributed by atoms with Gasteiger partial charge in [-0.25, -0.2) is 0 Å². The van der Waals surface area contributed by atoms with Crippen molar-refractivity contribution in [2.24, 2.45) is 5.92 Å². The Balaban J connectivity index is 1.76. The van der Waals surface area contributed by atoms with Crippen LogP contribution in [0.5, 0.6) is 0 Å². The van der Waals surface area contributed by atoms with Crippen molar-refractivity contribution in [1.82, 2.24) is 20.5 Å². The summed E-state index contributed by atoms with van der Waals surface area (Å²) in [5.41, 5.74) is 1.27. The van der Waals surface area contributed by atoms with Crippen molar-refractivity contribution >= 4 is 44.5 Å². The van der Waals surface area contributed by atoms with Crippen molar-refractivity contribution in [3.05, 3.63) is 46.7 Å². The number of carbonyl (C=O) groups excluding carboxylic acids is 2. The van der Waals surface area contributed by atoms with Crippen molar-refractivity contribution in [3.63, 3.8) is 0 Å². The predicted octanol–water partition coefficient (Wildman–Crippen LogP) is 3.44. The normalized spacial score (nSPS) is 12.3. The van der Waals surface area contributed by atoms with Crippen molar-refractivity contribution in [2.75, 3.05) is 5.32 Å². The topological polar surface area (TPSA) is 103 Å². The van der Waals surface area contributed by atoms with Gasteiger partial charge >= 0.3 is 0 Å². The summed E-state index contributed by atoms with van der Waals surface area (Å²) in [6.45, 7) is 4.01. The molecule has 7 nitrogen and oxygen atoms in total. The van der Waals surface area contributed by atoms with E-state index in [0.29, 0.717) is 17.9 Å². The lowest BCUT2D eigenvalue weighted by molar-refractivity contribution is -0.118. The molecule has 3 aromatic rings. The zero-order valence-electron chi connectivity index (χ0n) is 14.5. The molecule has 2 aromatic heterocycles. The molecule has 1 atom stereocenters. The number of halogens is 1. The van der Waals surface area contributed by atoms with E-state index in [-0.39, 0.29) is 17.7 Å². The Morgan fingerprint density at radius 3 is 2.73 bits per heavy atom. The minimum Gasteiger partial charge on any atom is -0.350 e. The minimum absolute atomic E-state index is 0.242. The van der Waals surface area contributed by atoms with Gasteiger partial charge in [0.2, 0.25) is 5.91 Å². The summed E-state index contributed by atoms with van der Waals surface area (Å²) in [5, 5.41) is 13.0. The van der Waals surface area contributed by atoms with Gasteiger partial charge in [-0.2, -0.15) is 5.10 Å². The predicted molar refractivity (Wildman–Crippen MR) is 104 cm³/mol. The first-order valence-corrected chi connectivity index (χ1v) is 9.11. The van der Waals surface area contributed by atoms with Crippen LogP contribution >= 0.6 is 15.9 Å². The first-order chi connectivity index (χ1) is 12.4. The van der Waals surface area contributed by atoms with E-state index in [2.05, 4.69) is 41.7 Å². The molecule has 8 heteroatoms. The van der Waals surface area contributed by atoms with Gasteiger partial charge in [-0.05, 0) is 30.5 Å². The molecule has 0 aliphatic carbocycles. The molecule has 0 fully saturated rings. The van der Waals surface area contributed by atoms with Crippen LogP contribution in [0.15, 0.2) is 41.0 Å². The number of anilines is 1. The highest BCUT2D eigenvalue weighted by atomic mass is 79.9. The minimum atomic E-state index is -0.649. The van der Waals surface area contributed by atoms with Crippen LogP contribution < -0.4 is 10.6 Å². The van der Waals surface area contributed by atoms with E-state index in [9.17, 15) is 9.59 Å². The molecule has 0 aliphatic heterocycles. The summed E-state index contributed by atoms with van der Waals surface area (Å²) in [6.07, 6.45) is 2.08. The third-order valence-corrected chi connectivity index (χ3v) is 4.41. The summed E-state index contributed by atoms with van der Waals surface area (Å²) in [7, 11) is 0. The Morgan fingerprint density at radius 2 is 2.04 bits per heavy atom. The number of aromatic nitrogens is 3. The number of nitrogens with one attached hydrogen (secondary N) is 4. The van der Waals surface area contributed by atoms with Crippen LogP contribution in [0, 0.1) is 5.92 Å². The zero-order valence-corrected chi connectivity index (χ0v) is 16.1. The molecule has 0 saturated carbocycles. The Kier molecular flexibility index (Phi) is 5.41. The maximum absolute atomic E-state index is 12.6. The highest BCUT2D eigenvalue weighted by Crippen LogP contribution is 2.20. The van der Waals surface area contributed by atoms with Crippen LogP contribution in [0.3, 0.4) is 0 Å². The number of nitrogens with zero attached hydrogens (tertiary/aromatic N) is 1. The monoisotopic (exact) mass is 417 g/mol. The van der Waals surface area contributed by atoms with Crippen LogP contribution in [0.4, 0.5) is 5.82 Å². The van der Waals surface area contributed by atoms with E-state index in [1.165, 1.54) is 0 Å². The molecule has 0 bridgehead atoms. The van der Waals surface area contributed by atoms with E-state index in [1.807, 2.05) is 32.0 Å². The molecule has 136 valence electrons. The number of benzene rings is 1. The quantitative estimate of drug-likeness (QED) is 0.493. The third-order valence-electron chi connectivity index (χ3n) is 3.92. The molecule has 2 amide bonds. The standard InChI is InChI=1S/C18H20BrN5O2/c1-10(2)7-14(18(26)23-16-5-6-20-24-16)22-17(25)15-8-11-3-4-12(19)9-13(11)21-15/h3-6,8-10,14,21H,7H2,1-2H3,(H,22,25)(H2,20,23,24,26)/t14-/m1/s1. The molecule has 4 N–H and O–H groups in total. The van der Waals surface area contributed by atoms with E-state index in [0.717, 1.165) is 15.4 Å². The van der Waals surface area contributed by atoms with Crippen molar-refractivity contribution < 1.29 is 9.59 Å². The average molecular weight is 418 g/mol. The maximum atomic E-state index is 12.6. The van der Waals surface area contributed by atoms with E-state index < -0.39 is 6.04 Å². The van der Waals surface area contributed by atoms with Crippen LogP contribution in [0.2, 0.25) is 0 Å². The highest BCUT2D eigenvalue weighted by Gasteiger charge is 2.23. The van der Waals surface area contributed by atoms with E-state index in [4.69, 9.17) is 0 Å². The number of hydrogen-bond donors (Lipinski definition) is 4.